The van der Waals surface area contributed by atoms with Gasteiger partial charge in [0, 0.05) is 18.0 Å². The molecule has 0 fully saturated rings. The van der Waals surface area contributed by atoms with Gasteiger partial charge < -0.3 is 4.52 Å². The second-order valence-corrected chi connectivity index (χ2v) is 2.55. The number of nitrogens with zero attached hydrogens (tertiary/aromatic N) is 2. The van der Waals surface area contributed by atoms with Crippen LogP contribution in [0.5, 0.6) is 0 Å². The summed E-state index contributed by atoms with van der Waals surface area (Å²) in [5.74, 6) is 0. The molecule has 2 aromatic rings. The molecule has 0 spiro atoms. The zero-order valence-corrected chi connectivity index (χ0v) is 6.69. The summed E-state index contributed by atoms with van der Waals surface area (Å²) in [6.07, 6.45) is 5.15. The van der Waals surface area contributed by atoms with Crippen LogP contribution in [0.4, 0.5) is 0 Å². The summed E-state index contributed by atoms with van der Waals surface area (Å²) in [7, 11) is 0. The summed E-state index contributed by atoms with van der Waals surface area (Å²) in [6, 6.07) is 3.86. The Morgan fingerprint density at radius 1 is 1.25 bits per heavy atom. The van der Waals surface area contributed by atoms with E-state index in [4.69, 9.17) is 4.52 Å². The maximum absolute atomic E-state index is 4.83. The molecule has 0 saturated carbocycles. The van der Waals surface area contributed by atoms with Crippen molar-refractivity contribution >= 4 is 0 Å². The fourth-order valence-electron chi connectivity index (χ4n) is 1.10. The van der Waals surface area contributed by atoms with Crippen LogP contribution in [0, 0.1) is 6.92 Å². The second-order valence-electron chi connectivity index (χ2n) is 2.55. The summed E-state index contributed by atoms with van der Waals surface area (Å²) in [4.78, 5) is 3.93. The fourth-order valence-corrected chi connectivity index (χ4v) is 1.10. The zero-order valence-electron chi connectivity index (χ0n) is 6.69. The number of hydrogen-bond donors (Lipinski definition) is 0. The smallest absolute Gasteiger partial charge is 0.131 e. The van der Waals surface area contributed by atoms with Crippen LogP contribution in [0.1, 0.15) is 5.69 Å². The molecule has 0 aliphatic carbocycles. The molecule has 3 nitrogen and oxygen atoms in total. The quantitative estimate of drug-likeness (QED) is 0.640. The Bertz CT molecular complexity index is 367. The van der Waals surface area contributed by atoms with Gasteiger partial charge in [0.05, 0.1) is 5.69 Å². The molecule has 0 aliphatic rings. The first-order chi connectivity index (χ1) is 5.88. The minimum Gasteiger partial charge on any atom is -0.364 e. The van der Waals surface area contributed by atoms with Crippen molar-refractivity contribution in [2.75, 3.05) is 0 Å². The third-order valence-corrected chi connectivity index (χ3v) is 1.74. The van der Waals surface area contributed by atoms with E-state index in [9.17, 15) is 0 Å². The van der Waals surface area contributed by atoms with Crippen LogP contribution in [-0.2, 0) is 0 Å². The predicted molar refractivity (Wildman–Crippen MR) is 44.5 cm³/mol. The predicted octanol–water partition coefficient (Wildman–Crippen LogP) is 2.05. The Labute approximate surface area is 70.0 Å². The van der Waals surface area contributed by atoms with Crippen molar-refractivity contribution in [3.63, 3.8) is 0 Å². The average molecular weight is 160 g/mol. The molecule has 2 aromatic heterocycles. The van der Waals surface area contributed by atoms with E-state index in [1.54, 1.807) is 18.7 Å². The fraction of sp³-hybridized carbons (Fsp3) is 0.111. The zero-order chi connectivity index (χ0) is 8.39. The summed E-state index contributed by atoms with van der Waals surface area (Å²) < 4.78 is 4.83. The van der Waals surface area contributed by atoms with Gasteiger partial charge in [-0.25, -0.2) is 0 Å². The lowest BCUT2D eigenvalue weighted by Gasteiger charge is -1.94. The van der Waals surface area contributed by atoms with E-state index in [-0.39, 0.29) is 0 Å². The molecule has 0 atom stereocenters. The average Bonchev–Trinajstić information content (AvgIpc) is 2.53. The van der Waals surface area contributed by atoms with Gasteiger partial charge in [0.2, 0.25) is 0 Å². The van der Waals surface area contributed by atoms with E-state index in [1.165, 1.54) is 0 Å². The van der Waals surface area contributed by atoms with Crippen LogP contribution < -0.4 is 0 Å². The normalized spacial score (nSPS) is 10.1. The van der Waals surface area contributed by atoms with Crippen molar-refractivity contribution < 1.29 is 4.52 Å². The molecular weight excluding hydrogens is 152 g/mol. The monoisotopic (exact) mass is 160 g/mol. The Balaban J connectivity index is 2.51. The summed E-state index contributed by atoms with van der Waals surface area (Å²) >= 11 is 0. The number of pyridine rings is 1. The van der Waals surface area contributed by atoms with E-state index in [0.29, 0.717) is 0 Å². The van der Waals surface area contributed by atoms with Crippen molar-refractivity contribution in [1.82, 2.24) is 10.1 Å². The first-order valence-electron chi connectivity index (χ1n) is 3.69. The summed E-state index contributed by atoms with van der Waals surface area (Å²) in [5, 5.41) is 3.80. The molecule has 0 radical (unpaired) electrons. The Hall–Kier alpha value is -1.64. The molecule has 2 heterocycles. The molecule has 60 valence electrons. The summed E-state index contributed by atoms with van der Waals surface area (Å²) in [5.41, 5.74) is 3.02. The Kier molecular flexibility index (Phi) is 1.63. The van der Waals surface area contributed by atoms with Crippen molar-refractivity contribution in [2.45, 2.75) is 6.92 Å². The molecule has 0 aliphatic heterocycles. The largest absolute Gasteiger partial charge is 0.364 e. The van der Waals surface area contributed by atoms with Crippen molar-refractivity contribution in [2.24, 2.45) is 0 Å². The minimum absolute atomic E-state index is 0.904. The molecule has 2 rings (SSSR count). The molecule has 3 heteroatoms. The van der Waals surface area contributed by atoms with Gasteiger partial charge in [-0.3, -0.25) is 4.98 Å². The molecule has 0 N–H and O–H groups in total. The lowest BCUT2D eigenvalue weighted by molar-refractivity contribution is 0.415. The molecule has 12 heavy (non-hydrogen) atoms. The third kappa shape index (κ3) is 1.09. The molecular formula is C9H8N2O. The lowest BCUT2D eigenvalue weighted by atomic mass is 10.1. The number of aryl methyl sites for hydroxylation is 1. The highest BCUT2D eigenvalue weighted by Crippen LogP contribution is 2.20. The van der Waals surface area contributed by atoms with Crippen LogP contribution in [-0.4, -0.2) is 10.1 Å². The van der Waals surface area contributed by atoms with Gasteiger partial charge in [-0.05, 0) is 24.6 Å². The Morgan fingerprint density at radius 2 is 2.00 bits per heavy atom. The van der Waals surface area contributed by atoms with Crippen LogP contribution in [0.3, 0.4) is 0 Å². The van der Waals surface area contributed by atoms with Crippen molar-refractivity contribution in [1.29, 1.82) is 0 Å². The van der Waals surface area contributed by atoms with E-state index in [0.717, 1.165) is 16.8 Å². The maximum Gasteiger partial charge on any atom is 0.131 e. The van der Waals surface area contributed by atoms with Crippen LogP contribution in [0.25, 0.3) is 11.1 Å². The molecule has 0 unspecified atom stereocenters. The highest BCUT2D eigenvalue weighted by molar-refractivity contribution is 5.63. The molecule has 0 saturated heterocycles. The van der Waals surface area contributed by atoms with Gasteiger partial charge in [0.25, 0.3) is 0 Å². The van der Waals surface area contributed by atoms with Gasteiger partial charge in [-0.2, -0.15) is 0 Å². The van der Waals surface area contributed by atoms with Gasteiger partial charge in [-0.15, -0.1) is 0 Å². The van der Waals surface area contributed by atoms with E-state index >= 15 is 0 Å². The molecule has 0 amide bonds. The Morgan fingerprint density at radius 3 is 2.58 bits per heavy atom. The SMILES string of the molecule is Cc1nocc1-c1ccncc1. The lowest BCUT2D eigenvalue weighted by Crippen LogP contribution is -1.78. The first kappa shape index (κ1) is 7.03. The molecule has 0 aromatic carbocycles. The number of hydrogen-bond acceptors (Lipinski definition) is 3. The van der Waals surface area contributed by atoms with Crippen molar-refractivity contribution in [3.8, 4) is 11.1 Å². The van der Waals surface area contributed by atoms with Crippen LogP contribution in [0.15, 0.2) is 35.3 Å². The van der Waals surface area contributed by atoms with E-state index in [2.05, 4.69) is 10.1 Å². The number of rotatable bonds is 1. The van der Waals surface area contributed by atoms with Crippen LogP contribution in [0.2, 0.25) is 0 Å². The molecule has 0 bridgehead atoms. The van der Waals surface area contributed by atoms with Gasteiger partial charge >= 0.3 is 0 Å². The third-order valence-electron chi connectivity index (χ3n) is 1.74. The number of aromatic nitrogens is 2. The standard InChI is InChI=1S/C9H8N2O/c1-7-9(6-12-11-7)8-2-4-10-5-3-8/h2-6H,1H3. The topological polar surface area (TPSA) is 38.9 Å². The minimum atomic E-state index is 0.904. The first-order valence-corrected chi connectivity index (χ1v) is 3.69. The maximum atomic E-state index is 4.83. The van der Waals surface area contributed by atoms with E-state index in [1.807, 2.05) is 19.1 Å². The van der Waals surface area contributed by atoms with Gasteiger partial charge in [0.1, 0.15) is 6.26 Å². The second kappa shape index (κ2) is 2.77. The summed E-state index contributed by atoms with van der Waals surface area (Å²) in [6.45, 7) is 1.92. The highest BCUT2D eigenvalue weighted by atomic mass is 16.5. The van der Waals surface area contributed by atoms with Gasteiger partial charge in [0.15, 0.2) is 0 Å². The van der Waals surface area contributed by atoms with E-state index < -0.39 is 0 Å². The van der Waals surface area contributed by atoms with Crippen LogP contribution >= 0.6 is 0 Å². The highest BCUT2D eigenvalue weighted by Gasteiger charge is 2.03. The van der Waals surface area contributed by atoms with Gasteiger partial charge in [-0.1, -0.05) is 5.16 Å². The van der Waals surface area contributed by atoms with Crippen molar-refractivity contribution in [3.05, 3.63) is 36.5 Å².